The SMILES string of the molecule is Cc1cc(N=NC2=IN(O)C=CC=C2)c(C)cc1[O-]. The molecule has 1 aliphatic heterocycles. The van der Waals surface area contributed by atoms with Gasteiger partial charge in [0.05, 0.1) is 26.7 Å². The van der Waals surface area contributed by atoms with Crippen molar-refractivity contribution in [1.82, 2.24) is 3.28 Å². The standard InChI is InChI=1S/C13H14IN3O2/c1-9-8-12(18)10(2)7-11(9)15-16-13-5-3-4-6-17(19)14-13/h3-8,18-19H,1-2H3/p-1. The molecule has 0 spiro atoms. The van der Waals surface area contributed by atoms with E-state index in [2.05, 4.69) is 10.2 Å². The van der Waals surface area contributed by atoms with E-state index in [1.54, 1.807) is 31.3 Å². The molecule has 0 saturated heterocycles. The fourth-order valence-electron chi connectivity index (χ4n) is 1.43. The van der Waals surface area contributed by atoms with Crippen LogP contribution in [0.1, 0.15) is 11.1 Å². The summed E-state index contributed by atoms with van der Waals surface area (Å²) in [6.07, 6.45) is 6.97. The monoisotopic (exact) mass is 370 g/mol. The molecule has 1 aromatic carbocycles. The highest BCUT2D eigenvalue weighted by molar-refractivity contribution is 14.2. The number of halogens is 1. The summed E-state index contributed by atoms with van der Waals surface area (Å²) in [7, 11) is 0. The lowest BCUT2D eigenvalue weighted by molar-refractivity contribution is -0.269. The van der Waals surface area contributed by atoms with Crippen LogP contribution in [0.15, 0.2) is 46.8 Å². The minimum atomic E-state index is -0.754. The molecule has 1 aliphatic rings. The van der Waals surface area contributed by atoms with Gasteiger partial charge >= 0.3 is 0 Å². The van der Waals surface area contributed by atoms with E-state index in [1.165, 1.54) is 0 Å². The third-order valence-corrected chi connectivity index (χ3v) is 4.36. The average molecular weight is 370 g/mol. The van der Waals surface area contributed by atoms with Crippen LogP contribution in [0.5, 0.6) is 5.75 Å². The maximum absolute atomic E-state index is 11.5. The van der Waals surface area contributed by atoms with Crippen LogP contribution in [0.4, 0.5) is 5.69 Å². The van der Waals surface area contributed by atoms with Crippen LogP contribution in [0.3, 0.4) is 0 Å². The minimum absolute atomic E-state index is 0.0108. The number of hydroxylamine groups is 1. The third-order valence-electron chi connectivity index (χ3n) is 2.47. The summed E-state index contributed by atoms with van der Waals surface area (Å²) in [5.74, 6) is 0.0108. The van der Waals surface area contributed by atoms with Gasteiger partial charge in [-0.1, -0.05) is 17.7 Å². The Hall–Kier alpha value is -1.54. The minimum Gasteiger partial charge on any atom is -0.872 e. The van der Waals surface area contributed by atoms with Gasteiger partial charge in [-0.05, 0) is 37.6 Å². The van der Waals surface area contributed by atoms with Gasteiger partial charge in [0.15, 0.2) is 0 Å². The Morgan fingerprint density at radius 1 is 1.16 bits per heavy atom. The number of allylic oxidation sites excluding steroid dienone is 2. The highest BCUT2D eigenvalue weighted by Gasteiger charge is 2.01. The Morgan fingerprint density at radius 3 is 2.74 bits per heavy atom. The zero-order valence-electron chi connectivity index (χ0n) is 10.5. The Kier molecular flexibility index (Phi) is 4.43. The van der Waals surface area contributed by atoms with E-state index >= 15 is 0 Å². The number of azo groups is 1. The van der Waals surface area contributed by atoms with Crippen LogP contribution >= 0.6 is 21.0 Å². The second kappa shape index (κ2) is 6.07. The van der Waals surface area contributed by atoms with Gasteiger partial charge in [-0.25, -0.2) is 3.28 Å². The largest absolute Gasteiger partial charge is 0.872 e. The van der Waals surface area contributed by atoms with Gasteiger partial charge in [0.25, 0.3) is 0 Å². The van der Waals surface area contributed by atoms with E-state index in [-0.39, 0.29) is 5.75 Å². The molecule has 1 aromatic rings. The van der Waals surface area contributed by atoms with Crippen molar-refractivity contribution < 1.29 is 10.3 Å². The van der Waals surface area contributed by atoms with Gasteiger partial charge in [0.2, 0.25) is 0 Å². The maximum atomic E-state index is 11.5. The van der Waals surface area contributed by atoms with Gasteiger partial charge in [-0.2, -0.15) is 0 Å². The number of rotatable bonds is 2. The van der Waals surface area contributed by atoms with Crippen LogP contribution in [-0.2, 0) is 0 Å². The molecule has 19 heavy (non-hydrogen) atoms. The smallest absolute Gasteiger partial charge is 0.137 e. The zero-order chi connectivity index (χ0) is 13.8. The van der Waals surface area contributed by atoms with Crippen molar-refractivity contribution in [2.24, 2.45) is 10.2 Å². The summed E-state index contributed by atoms with van der Waals surface area (Å²) in [5.41, 5.74) is 2.14. The molecule has 5 nitrogen and oxygen atoms in total. The van der Waals surface area contributed by atoms with Gasteiger partial charge < -0.3 is 5.11 Å². The maximum Gasteiger partial charge on any atom is 0.137 e. The molecule has 0 aliphatic carbocycles. The third kappa shape index (κ3) is 3.71. The first-order chi connectivity index (χ1) is 9.06. The first-order valence-electron chi connectivity index (χ1n) is 5.61. The van der Waals surface area contributed by atoms with Gasteiger partial charge in [0.1, 0.15) is 3.63 Å². The second-order valence-electron chi connectivity index (χ2n) is 4.00. The van der Waals surface area contributed by atoms with Crippen LogP contribution in [-0.4, -0.2) is 12.1 Å². The van der Waals surface area contributed by atoms with Crippen molar-refractivity contribution in [1.29, 1.82) is 0 Å². The van der Waals surface area contributed by atoms with Crippen molar-refractivity contribution in [3.8, 4) is 5.75 Å². The number of nitrogens with zero attached hydrogens (tertiary/aromatic N) is 3. The van der Waals surface area contributed by atoms with Gasteiger partial charge in [-0.3, -0.25) is 5.21 Å². The van der Waals surface area contributed by atoms with E-state index in [9.17, 15) is 10.3 Å². The molecule has 0 bridgehead atoms. The van der Waals surface area contributed by atoms with Crippen LogP contribution in [0.2, 0.25) is 0 Å². The second-order valence-corrected chi connectivity index (χ2v) is 6.58. The molecule has 0 fully saturated rings. The first-order valence-corrected chi connectivity index (χ1v) is 7.65. The normalized spacial score (nSPS) is 15.3. The number of hydrogen-bond donors (Lipinski definition) is 1. The van der Waals surface area contributed by atoms with Gasteiger partial charge in [0, 0.05) is 6.20 Å². The topological polar surface area (TPSA) is 71.2 Å². The summed E-state index contributed by atoms with van der Waals surface area (Å²) >= 11 is -0.754. The predicted molar refractivity (Wildman–Crippen MR) is 80.8 cm³/mol. The molecule has 0 atom stereocenters. The molecule has 6 heteroatoms. The lowest BCUT2D eigenvalue weighted by Crippen LogP contribution is -1.95. The summed E-state index contributed by atoms with van der Waals surface area (Å²) < 4.78 is 1.89. The summed E-state index contributed by atoms with van der Waals surface area (Å²) in [6.45, 7) is 3.59. The number of aryl methyl sites for hydroxylation is 2. The highest BCUT2D eigenvalue weighted by atomic mass is 127. The number of hydrogen-bond acceptors (Lipinski definition) is 5. The van der Waals surface area contributed by atoms with Crippen molar-refractivity contribution in [2.75, 3.05) is 0 Å². The molecule has 0 saturated carbocycles. The summed E-state index contributed by atoms with van der Waals surface area (Å²) in [5, 5.41) is 29.3. The zero-order valence-corrected chi connectivity index (χ0v) is 12.7. The lowest BCUT2D eigenvalue weighted by atomic mass is 10.1. The van der Waals surface area contributed by atoms with Gasteiger partial charge in [-0.15, -0.1) is 16.0 Å². The first kappa shape index (κ1) is 13.9. The molecular formula is C13H13IN3O2-. The lowest BCUT2D eigenvalue weighted by Gasteiger charge is -2.11. The molecule has 2 rings (SSSR count). The van der Waals surface area contributed by atoms with Crippen LogP contribution in [0, 0.1) is 13.8 Å². The van der Waals surface area contributed by atoms with Crippen molar-refractivity contribution in [3.05, 3.63) is 47.7 Å². The molecule has 0 unspecified atom stereocenters. The molecule has 100 valence electrons. The Labute approximate surface area is 121 Å². The molecule has 1 N–H and O–H groups in total. The molecule has 0 amide bonds. The Bertz CT molecular complexity index is 606. The molecule has 0 aromatic heterocycles. The summed E-state index contributed by atoms with van der Waals surface area (Å²) in [4.78, 5) is 0. The predicted octanol–water partition coefficient (Wildman–Crippen LogP) is 3.25. The van der Waals surface area contributed by atoms with Crippen LogP contribution < -0.4 is 5.11 Å². The van der Waals surface area contributed by atoms with E-state index < -0.39 is 21.0 Å². The number of benzene rings is 1. The molecule has 1 heterocycles. The average Bonchev–Trinajstić information content (AvgIpc) is 2.56. The van der Waals surface area contributed by atoms with E-state index in [0.29, 0.717) is 11.3 Å². The quantitative estimate of drug-likeness (QED) is 0.494. The van der Waals surface area contributed by atoms with Crippen LogP contribution in [0.25, 0.3) is 0 Å². The molecule has 0 radical (unpaired) electrons. The summed E-state index contributed by atoms with van der Waals surface area (Å²) in [6, 6.07) is 3.29. The fraction of sp³-hybridized carbons (Fsp3) is 0.154. The van der Waals surface area contributed by atoms with Crippen molar-refractivity contribution in [3.63, 3.8) is 0 Å². The van der Waals surface area contributed by atoms with Crippen molar-refractivity contribution >= 4 is 30.3 Å². The highest BCUT2D eigenvalue weighted by Crippen LogP contribution is 2.26. The van der Waals surface area contributed by atoms with E-state index in [1.807, 2.05) is 19.1 Å². The van der Waals surface area contributed by atoms with E-state index in [0.717, 1.165) is 12.5 Å². The van der Waals surface area contributed by atoms with Crippen molar-refractivity contribution in [2.45, 2.75) is 13.8 Å². The Balaban J connectivity index is 2.26. The molecular weight excluding hydrogens is 357 g/mol. The Morgan fingerprint density at radius 2 is 1.95 bits per heavy atom. The van der Waals surface area contributed by atoms with E-state index in [4.69, 9.17) is 0 Å². The fourth-order valence-corrected chi connectivity index (χ4v) is 2.86.